The van der Waals surface area contributed by atoms with E-state index < -0.39 is 26.6 Å². The van der Waals surface area contributed by atoms with Gasteiger partial charge in [0.05, 0.1) is 12.6 Å². The molecule has 3 N–H and O–H groups in total. The van der Waals surface area contributed by atoms with Crippen molar-refractivity contribution >= 4 is 25.8 Å². The van der Waals surface area contributed by atoms with E-state index in [9.17, 15) is 12.8 Å². The highest BCUT2D eigenvalue weighted by Gasteiger charge is 2.20. The molecule has 16 heavy (non-hydrogen) atoms. The van der Waals surface area contributed by atoms with Gasteiger partial charge >= 0.3 is 0 Å². The summed E-state index contributed by atoms with van der Waals surface area (Å²) in [6, 6.07) is 1.67. The predicted molar refractivity (Wildman–Crippen MR) is 61.2 cm³/mol. The van der Waals surface area contributed by atoms with Crippen molar-refractivity contribution in [3.05, 3.63) is 28.0 Å². The molecule has 7 heteroatoms. The van der Waals surface area contributed by atoms with E-state index in [0.717, 1.165) is 12.3 Å². The molecule has 1 atom stereocenters. The SMILES string of the molecule is CS(=O)(=O)c1c(F)cc(C(N)CO)cc1Br. The minimum atomic E-state index is -3.64. The minimum Gasteiger partial charge on any atom is -0.394 e. The number of rotatable bonds is 3. The minimum absolute atomic E-state index is 0.105. The molecule has 0 aliphatic heterocycles. The lowest BCUT2D eigenvalue weighted by Crippen LogP contribution is -2.15. The van der Waals surface area contributed by atoms with E-state index in [-0.39, 0.29) is 11.1 Å². The van der Waals surface area contributed by atoms with Crippen LogP contribution in [0.15, 0.2) is 21.5 Å². The number of sulfone groups is 1. The second-order valence-corrected chi connectivity index (χ2v) is 6.18. The van der Waals surface area contributed by atoms with Crippen molar-refractivity contribution in [2.45, 2.75) is 10.9 Å². The van der Waals surface area contributed by atoms with Gasteiger partial charge in [-0.1, -0.05) is 0 Å². The predicted octanol–water partition coefficient (Wildman–Crippen LogP) is 0.984. The van der Waals surface area contributed by atoms with Crippen LogP contribution in [0.2, 0.25) is 0 Å². The van der Waals surface area contributed by atoms with E-state index in [1.54, 1.807) is 0 Å². The number of hydrogen-bond acceptors (Lipinski definition) is 4. The van der Waals surface area contributed by atoms with Crippen LogP contribution in [0.1, 0.15) is 11.6 Å². The van der Waals surface area contributed by atoms with E-state index in [0.29, 0.717) is 5.56 Å². The molecule has 1 rings (SSSR count). The molecule has 0 spiro atoms. The molecule has 1 aromatic rings. The van der Waals surface area contributed by atoms with E-state index in [4.69, 9.17) is 10.8 Å². The Morgan fingerprint density at radius 1 is 1.56 bits per heavy atom. The summed E-state index contributed by atoms with van der Waals surface area (Å²) in [6.45, 7) is -0.343. The molecule has 0 amide bonds. The first kappa shape index (κ1) is 13.6. The van der Waals surface area contributed by atoms with E-state index >= 15 is 0 Å². The van der Waals surface area contributed by atoms with Gasteiger partial charge in [0, 0.05) is 10.7 Å². The Hall–Kier alpha value is -0.500. The van der Waals surface area contributed by atoms with E-state index in [1.807, 2.05) is 0 Å². The summed E-state index contributed by atoms with van der Waals surface area (Å²) in [7, 11) is -3.64. The maximum atomic E-state index is 13.6. The number of aliphatic hydroxyl groups excluding tert-OH is 1. The lowest BCUT2D eigenvalue weighted by Gasteiger charge is -2.11. The van der Waals surface area contributed by atoms with Gasteiger partial charge in [0.15, 0.2) is 9.84 Å². The molecule has 0 bridgehead atoms. The average Bonchev–Trinajstić information content (AvgIpc) is 2.13. The zero-order chi connectivity index (χ0) is 12.5. The lowest BCUT2D eigenvalue weighted by atomic mass is 10.1. The third-order valence-corrected chi connectivity index (χ3v) is 4.06. The molecule has 90 valence electrons. The highest BCUT2D eigenvalue weighted by Crippen LogP contribution is 2.28. The molecule has 1 aromatic carbocycles. The number of benzene rings is 1. The Morgan fingerprint density at radius 2 is 2.12 bits per heavy atom. The molecule has 0 fully saturated rings. The lowest BCUT2D eigenvalue weighted by molar-refractivity contribution is 0.267. The van der Waals surface area contributed by atoms with Crippen molar-refractivity contribution in [3.8, 4) is 0 Å². The Kier molecular flexibility index (Phi) is 4.06. The van der Waals surface area contributed by atoms with Crippen molar-refractivity contribution in [2.75, 3.05) is 12.9 Å². The number of hydrogen-bond donors (Lipinski definition) is 2. The van der Waals surface area contributed by atoms with Gasteiger partial charge in [-0.25, -0.2) is 12.8 Å². The smallest absolute Gasteiger partial charge is 0.179 e. The van der Waals surface area contributed by atoms with Gasteiger partial charge < -0.3 is 10.8 Å². The van der Waals surface area contributed by atoms with Gasteiger partial charge in [0.1, 0.15) is 10.7 Å². The van der Waals surface area contributed by atoms with Crippen LogP contribution in [0, 0.1) is 5.82 Å². The van der Waals surface area contributed by atoms with Crippen molar-refractivity contribution in [1.29, 1.82) is 0 Å². The molecule has 0 saturated heterocycles. The van der Waals surface area contributed by atoms with E-state index in [2.05, 4.69) is 15.9 Å². The molecular formula is C9H11BrFNO3S. The van der Waals surface area contributed by atoms with Gasteiger partial charge in [0.2, 0.25) is 0 Å². The fourth-order valence-electron chi connectivity index (χ4n) is 1.25. The van der Waals surface area contributed by atoms with Gasteiger partial charge in [-0.05, 0) is 33.6 Å². The number of nitrogens with two attached hydrogens (primary N) is 1. The third kappa shape index (κ3) is 2.79. The monoisotopic (exact) mass is 311 g/mol. The van der Waals surface area contributed by atoms with Crippen LogP contribution in [0.3, 0.4) is 0 Å². The average molecular weight is 312 g/mol. The zero-order valence-corrected chi connectivity index (χ0v) is 10.8. The molecule has 4 nitrogen and oxygen atoms in total. The van der Waals surface area contributed by atoms with Crippen LogP contribution >= 0.6 is 15.9 Å². The van der Waals surface area contributed by atoms with Gasteiger partial charge in [-0.2, -0.15) is 0 Å². The largest absolute Gasteiger partial charge is 0.394 e. The number of aliphatic hydroxyl groups is 1. The number of halogens is 2. The second-order valence-electron chi connectivity index (χ2n) is 3.37. The quantitative estimate of drug-likeness (QED) is 0.872. The molecule has 0 heterocycles. The Morgan fingerprint density at radius 3 is 2.50 bits per heavy atom. The third-order valence-electron chi connectivity index (χ3n) is 2.02. The van der Waals surface area contributed by atoms with Crippen LogP contribution in [0.5, 0.6) is 0 Å². The van der Waals surface area contributed by atoms with Gasteiger partial charge in [0.25, 0.3) is 0 Å². The summed E-state index contributed by atoms with van der Waals surface area (Å²) in [4.78, 5) is -0.401. The zero-order valence-electron chi connectivity index (χ0n) is 8.44. The fourth-order valence-corrected chi connectivity index (χ4v) is 3.42. The standard InChI is InChI=1S/C9H11BrFNO3S/c1-16(14,15)9-6(10)2-5(3-7(9)11)8(12)4-13/h2-3,8,13H,4,12H2,1H3. The molecular weight excluding hydrogens is 301 g/mol. The normalized spacial score (nSPS) is 13.8. The highest BCUT2D eigenvalue weighted by atomic mass is 79.9. The summed E-state index contributed by atoms with van der Waals surface area (Å²) >= 11 is 2.97. The van der Waals surface area contributed by atoms with Crippen molar-refractivity contribution < 1.29 is 17.9 Å². The van der Waals surface area contributed by atoms with Gasteiger partial charge in [-0.15, -0.1) is 0 Å². The van der Waals surface area contributed by atoms with Crippen LogP contribution in [0.25, 0.3) is 0 Å². The summed E-state index contributed by atoms with van der Waals surface area (Å²) in [5.74, 6) is -0.879. The first-order valence-corrected chi connectivity index (χ1v) is 7.01. The van der Waals surface area contributed by atoms with Crippen LogP contribution in [-0.4, -0.2) is 26.4 Å². The van der Waals surface area contributed by atoms with Crippen molar-refractivity contribution in [3.63, 3.8) is 0 Å². The Labute approximate surface area is 101 Å². The first-order chi connectivity index (χ1) is 7.27. The molecule has 1 unspecified atom stereocenters. The van der Waals surface area contributed by atoms with Crippen LogP contribution in [0.4, 0.5) is 4.39 Å². The molecule has 0 aliphatic rings. The summed E-state index contributed by atoms with van der Waals surface area (Å²) in [5, 5.41) is 8.82. The molecule has 0 aliphatic carbocycles. The topological polar surface area (TPSA) is 80.4 Å². The molecule has 0 saturated carbocycles. The Balaban J connectivity index is 3.40. The maximum Gasteiger partial charge on any atom is 0.179 e. The van der Waals surface area contributed by atoms with Crippen molar-refractivity contribution in [1.82, 2.24) is 0 Å². The molecule has 0 aromatic heterocycles. The van der Waals surface area contributed by atoms with Crippen LogP contribution < -0.4 is 5.73 Å². The van der Waals surface area contributed by atoms with E-state index in [1.165, 1.54) is 6.07 Å². The maximum absolute atomic E-state index is 13.6. The van der Waals surface area contributed by atoms with Crippen LogP contribution in [-0.2, 0) is 9.84 Å². The van der Waals surface area contributed by atoms with Gasteiger partial charge in [-0.3, -0.25) is 0 Å². The van der Waals surface area contributed by atoms with Crippen molar-refractivity contribution in [2.24, 2.45) is 5.73 Å². The highest BCUT2D eigenvalue weighted by molar-refractivity contribution is 9.10. The summed E-state index contributed by atoms with van der Waals surface area (Å²) < 4.78 is 36.2. The Bertz CT molecular complexity index is 480. The molecule has 0 radical (unpaired) electrons. The summed E-state index contributed by atoms with van der Waals surface area (Å²) in [5.41, 5.74) is 5.84. The fraction of sp³-hybridized carbons (Fsp3) is 0.333. The summed E-state index contributed by atoms with van der Waals surface area (Å²) in [6.07, 6.45) is 0.918. The first-order valence-electron chi connectivity index (χ1n) is 4.32. The second kappa shape index (κ2) is 4.79.